The minimum absolute atomic E-state index is 0.793. The standard InChI is InChI=1S/C11H17NO/c1-10-3-2-6-12(10)7-4-11-5-8-13-9-11/h2-3,6,11H,4-5,7-9H2,1H3. The van der Waals surface area contributed by atoms with Crippen molar-refractivity contribution in [1.29, 1.82) is 0 Å². The van der Waals surface area contributed by atoms with Gasteiger partial charge in [-0.2, -0.15) is 0 Å². The van der Waals surface area contributed by atoms with Gasteiger partial charge in [-0.3, -0.25) is 0 Å². The lowest BCUT2D eigenvalue weighted by Crippen LogP contribution is -2.06. The van der Waals surface area contributed by atoms with E-state index in [4.69, 9.17) is 4.74 Å². The van der Waals surface area contributed by atoms with E-state index in [1.165, 1.54) is 18.5 Å². The van der Waals surface area contributed by atoms with Crippen molar-refractivity contribution in [2.45, 2.75) is 26.3 Å². The summed E-state index contributed by atoms with van der Waals surface area (Å²) in [6.07, 6.45) is 4.67. The summed E-state index contributed by atoms with van der Waals surface area (Å²) in [7, 11) is 0. The Morgan fingerprint density at radius 3 is 3.15 bits per heavy atom. The molecule has 0 bridgehead atoms. The fourth-order valence-corrected chi connectivity index (χ4v) is 1.88. The van der Waals surface area contributed by atoms with Crippen LogP contribution in [-0.4, -0.2) is 17.8 Å². The summed E-state index contributed by atoms with van der Waals surface area (Å²) in [4.78, 5) is 0. The second kappa shape index (κ2) is 3.97. The van der Waals surface area contributed by atoms with Gasteiger partial charge >= 0.3 is 0 Å². The van der Waals surface area contributed by atoms with Crippen LogP contribution < -0.4 is 0 Å². The number of ether oxygens (including phenoxy) is 1. The highest BCUT2D eigenvalue weighted by atomic mass is 16.5. The molecule has 2 heteroatoms. The minimum Gasteiger partial charge on any atom is -0.381 e. The fourth-order valence-electron chi connectivity index (χ4n) is 1.88. The van der Waals surface area contributed by atoms with Gasteiger partial charge in [-0.25, -0.2) is 0 Å². The Hall–Kier alpha value is -0.760. The molecule has 1 atom stereocenters. The number of hydrogen-bond acceptors (Lipinski definition) is 1. The van der Waals surface area contributed by atoms with Gasteiger partial charge in [0.05, 0.1) is 0 Å². The maximum absolute atomic E-state index is 5.35. The molecule has 0 amide bonds. The third-order valence-electron chi connectivity index (χ3n) is 2.86. The summed E-state index contributed by atoms with van der Waals surface area (Å²) >= 11 is 0. The van der Waals surface area contributed by atoms with Crippen LogP contribution in [0.5, 0.6) is 0 Å². The normalized spacial score (nSPS) is 22.4. The number of rotatable bonds is 3. The van der Waals surface area contributed by atoms with E-state index in [2.05, 4.69) is 29.8 Å². The molecule has 0 spiro atoms. The van der Waals surface area contributed by atoms with Crippen LogP contribution in [0, 0.1) is 12.8 Å². The zero-order valence-electron chi connectivity index (χ0n) is 8.20. The fraction of sp³-hybridized carbons (Fsp3) is 0.636. The van der Waals surface area contributed by atoms with Crippen molar-refractivity contribution in [3.8, 4) is 0 Å². The zero-order chi connectivity index (χ0) is 9.10. The molecule has 1 aliphatic heterocycles. The molecule has 1 aromatic rings. The summed E-state index contributed by atoms with van der Waals surface area (Å²) in [5, 5.41) is 0. The summed E-state index contributed by atoms with van der Waals surface area (Å²) < 4.78 is 7.67. The van der Waals surface area contributed by atoms with Crippen LogP contribution in [0.15, 0.2) is 18.3 Å². The lowest BCUT2D eigenvalue weighted by molar-refractivity contribution is 0.183. The van der Waals surface area contributed by atoms with Crippen molar-refractivity contribution >= 4 is 0 Å². The van der Waals surface area contributed by atoms with Gasteiger partial charge in [0, 0.05) is 31.6 Å². The Morgan fingerprint density at radius 2 is 2.54 bits per heavy atom. The van der Waals surface area contributed by atoms with Gasteiger partial charge in [-0.05, 0) is 37.8 Å². The summed E-state index contributed by atoms with van der Waals surface area (Å²) in [6, 6.07) is 4.27. The molecule has 72 valence electrons. The van der Waals surface area contributed by atoms with E-state index in [0.29, 0.717) is 0 Å². The molecule has 0 aliphatic carbocycles. The van der Waals surface area contributed by atoms with Crippen molar-refractivity contribution < 1.29 is 4.74 Å². The number of aryl methyl sites for hydroxylation is 2. The van der Waals surface area contributed by atoms with E-state index >= 15 is 0 Å². The molecule has 2 rings (SSSR count). The van der Waals surface area contributed by atoms with Crippen LogP contribution in [0.4, 0.5) is 0 Å². The van der Waals surface area contributed by atoms with Gasteiger partial charge in [-0.1, -0.05) is 0 Å². The summed E-state index contributed by atoms with van der Waals surface area (Å²) in [6.45, 7) is 5.24. The maximum atomic E-state index is 5.35. The Balaban J connectivity index is 1.82. The molecule has 0 saturated carbocycles. The van der Waals surface area contributed by atoms with Crippen molar-refractivity contribution in [3.63, 3.8) is 0 Å². The van der Waals surface area contributed by atoms with Crippen molar-refractivity contribution in [2.75, 3.05) is 13.2 Å². The first-order valence-corrected chi connectivity index (χ1v) is 5.06. The molecule has 2 nitrogen and oxygen atoms in total. The van der Waals surface area contributed by atoms with E-state index < -0.39 is 0 Å². The highest BCUT2D eigenvalue weighted by Crippen LogP contribution is 2.17. The van der Waals surface area contributed by atoms with Gasteiger partial charge < -0.3 is 9.30 Å². The van der Waals surface area contributed by atoms with Crippen LogP contribution in [-0.2, 0) is 11.3 Å². The maximum Gasteiger partial charge on any atom is 0.0495 e. The van der Waals surface area contributed by atoms with Gasteiger partial charge in [0.1, 0.15) is 0 Å². The summed E-state index contributed by atoms with van der Waals surface area (Å²) in [5.74, 6) is 0.793. The third-order valence-corrected chi connectivity index (χ3v) is 2.86. The smallest absolute Gasteiger partial charge is 0.0495 e. The molecule has 1 aliphatic rings. The van der Waals surface area contributed by atoms with Gasteiger partial charge in [-0.15, -0.1) is 0 Å². The third kappa shape index (κ3) is 2.13. The largest absolute Gasteiger partial charge is 0.381 e. The highest BCUT2D eigenvalue weighted by Gasteiger charge is 2.14. The van der Waals surface area contributed by atoms with E-state index in [9.17, 15) is 0 Å². The van der Waals surface area contributed by atoms with Gasteiger partial charge in [0.15, 0.2) is 0 Å². The molecule has 0 radical (unpaired) electrons. The minimum atomic E-state index is 0.793. The van der Waals surface area contributed by atoms with Crippen LogP contribution in [0.2, 0.25) is 0 Å². The molecule has 0 aromatic carbocycles. The number of hydrogen-bond donors (Lipinski definition) is 0. The summed E-state index contributed by atoms with van der Waals surface area (Å²) in [5.41, 5.74) is 1.36. The van der Waals surface area contributed by atoms with Crippen molar-refractivity contribution in [3.05, 3.63) is 24.0 Å². The quantitative estimate of drug-likeness (QED) is 0.694. The number of nitrogens with zero attached hydrogens (tertiary/aromatic N) is 1. The molecule has 1 fully saturated rings. The predicted molar refractivity (Wildman–Crippen MR) is 52.7 cm³/mol. The molecule has 1 unspecified atom stereocenters. The molecular weight excluding hydrogens is 162 g/mol. The van der Waals surface area contributed by atoms with Crippen LogP contribution in [0.1, 0.15) is 18.5 Å². The topological polar surface area (TPSA) is 14.2 Å². The molecule has 1 aromatic heterocycles. The first-order chi connectivity index (χ1) is 6.36. The Kier molecular flexibility index (Phi) is 2.69. The predicted octanol–water partition coefficient (Wildman–Crippen LogP) is 2.22. The van der Waals surface area contributed by atoms with Crippen LogP contribution >= 0.6 is 0 Å². The average molecular weight is 179 g/mol. The van der Waals surface area contributed by atoms with Gasteiger partial charge in [0.2, 0.25) is 0 Å². The van der Waals surface area contributed by atoms with E-state index in [1.807, 2.05) is 0 Å². The van der Waals surface area contributed by atoms with Gasteiger partial charge in [0.25, 0.3) is 0 Å². The van der Waals surface area contributed by atoms with E-state index in [1.54, 1.807) is 0 Å². The highest BCUT2D eigenvalue weighted by molar-refractivity contribution is 5.04. The monoisotopic (exact) mass is 179 g/mol. The van der Waals surface area contributed by atoms with Crippen LogP contribution in [0.3, 0.4) is 0 Å². The zero-order valence-corrected chi connectivity index (χ0v) is 8.20. The molecule has 13 heavy (non-hydrogen) atoms. The SMILES string of the molecule is Cc1cccn1CCC1CCOC1. The van der Waals surface area contributed by atoms with E-state index in [0.717, 1.165) is 25.7 Å². The first kappa shape index (κ1) is 8.82. The lowest BCUT2D eigenvalue weighted by atomic mass is 10.1. The van der Waals surface area contributed by atoms with E-state index in [-0.39, 0.29) is 0 Å². The number of aromatic nitrogens is 1. The average Bonchev–Trinajstić information content (AvgIpc) is 2.72. The second-order valence-electron chi connectivity index (χ2n) is 3.86. The Labute approximate surface area is 79.5 Å². The molecule has 1 saturated heterocycles. The van der Waals surface area contributed by atoms with Crippen molar-refractivity contribution in [2.24, 2.45) is 5.92 Å². The first-order valence-electron chi connectivity index (χ1n) is 5.06. The Bertz CT molecular complexity index is 261. The second-order valence-corrected chi connectivity index (χ2v) is 3.86. The Morgan fingerprint density at radius 1 is 1.62 bits per heavy atom. The van der Waals surface area contributed by atoms with Crippen LogP contribution in [0.25, 0.3) is 0 Å². The molecule has 0 N–H and O–H groups in total. The lowest BCUT2D eigenvalue weighted by Gasteiger charge is -2.09. The molecule has 2 heterocycles. The molecular formula is C11H17NO. The van der Waals surface area contributed by atoms with Crippen molar-refractivity contribution in [1.82, 2.24) is 4.57 Å².